The van der Waals surface area contributed by atoms with E-state index in [0.29, 0.717) is 16.8 Å². The molecular weight excluding hydrogens is 264 g/mol. The Balaban J connectivity index is 1.98. The minimum atomic E-state index is -0.309. The summed E-state index contributed by atoms with van der Waals surface area (Å²) in [5.74, 6) is -0.838. The fourth-order valence-corrected chi connectivity index (χ4v) is 2.41. The van der Waals surface area contributed by atoms with Gasteiger partial charge < -0.3 is 0 Å². The molecule has 3 rings (SSSR count). The molecule has 2 aromatic carbocycles. The van der Waals surface area contributed by atoms with Crippen LogP contribution in [0.1, 0.15) is 39.1 Å². The summed E-state index contributed by atoms with van der Waals surface area (Å²) in [7, 11) is 0. The van der Waals surface area contributed by atoms with Gasteiger partial charge in [0.1, 0.15) is 0 Å². The maximum atomic E-state index is 12.3. The third-order valence-electron chi connectivity index (χ3n) is 3.64. The highest BCUT2D eigenvalue weighted by molar-refractivity contribution is 6.34. The lowest BCUT2D eigenvalue weighted by molar-refractivity contribution is 0.0926. The van der Waals surface area contributed by atoms with E-state index in [4.69, 9.17) is 5.26 Å². The fraction of sp³-hybridized carbons (Fsp3) is 0.118. The summed E-state index contributed by atoms with van der Waals surface area (Å²) >= 11 is 0. The van der Waals surface area contributed by atoms with Gasteiger partial charge in [0.05, 0.1) is 28.8 Å². The van der Waals surface area contributed by atoms with Crippen molar-refractivity contribution in [2.45, 2.75) is 12.8 Å². The van der Waals surface area contributed by atoms with E-state index in [2.05, 4.69) is 6.07 Å². The quantitative estimate of drug-likeness (QED) is 0.792. The van der Waals surface area contributed by atoms with E-state index in [0.717, 1.165) is 5.56 Å². The maximum absolute atomic E-state index is 12.3. The Labute approximate surface area is 122 Å². The Morgan fingerprint density at radius 3 is 1.95 bits per heavy atom. The van der Waals surface area contributed by atoms with Crippen molar-refractivity contribution in [3.63, 3.8) is 0 Å². The Kier molecular flexibility index (Phi) is 3.03. The van der Waals surface area contributed by atoms with Crippen molar-refractivity contribution in [2.24, 2.45) is 0 Å². The number of carbonyl (C=O) groups excluding carboxylic acids is 2. The van der Waals surface area contributed by atoms with Crippen molar-refractivity contribution < 1.29 is 9.59 Å². The molecule has 1 unspecified atom stereocenters. The molecule has 0 aromatic heterocycles. The van der Waals surface area contributed by atoms with Gasteiger partial charge in [-0.05, 0) is 36.8 Å². The van der Waals surface area contributed by atoms with Crippen molar-refractivity contribution in [1.29, 1.82) is 5.26 Å². The van der Waals surface area contributed by atoms with Gasteiger partial charge in [-0.2, -0.15) is 5.26 Å². The van der Waals surface area contributed by atoms with Gasteiger partial charge in [-0.3, -0.25) is 9.59 Å². The maximum Gasteiger partial charge on any atom is 0.266 e. The van der Waals surface area contributed by atoms with Gasteiger partial charge in [0.25, 0.3) is 11.8 Å². The average Bonchev–Trinajstić information content (AvgIpc) is 2.79. The monoisotopic (exact) mass is 276 g/mol. The summed E-state index contributed by atoms with van der Waals surface area (Å²) < 4.78 is 0. The van der Waals surface area contributed by atoms with Crippen LogP contribution in [0.2, 0.25) is 0 Å². The number of nitrogens with zero attached hydrogens (tertiary/aromatic N) is 2. The number of fused-ring (bicyclic) bond motifs is 1. The van der Waals surface area contributed by atoms with Crippen molar-refractivity contribution in [3.05, 3.63) is 65.2 Å². The lowest BCUT2D eigenvalue weighted by Crippen LogP contribution is -2.29. The molecule has 2 aromatic rings. The van der Waals surface area contributed by atoms with Gasteiger partial charge in [0, 0.05) is 0 Å². The molecule has 1 heterocycles. The van der Waals surface area contributed by atoms with Gasteiger partial charge in [0.2, 0.25) is 0 Å². The van der Waals surface area contributed by atoms with Crippen LogP contribution in [0.25, 0.3) is 0 Å². The smallest absolute Gasteiger partial charge is 0.266 e. The highest BCUT2D eigenvalue weighted by atomic mass is 16.2. The number of anilines is 1. The van der Waals surface area contributed by atoms with Crippen LogP contribution in [0, 0.1) is 11.3 Å². The zero-order valence-corrected chi connectivity index (χ0v) is 11.4. The van der Waals surface area contributed by atoms with E-state index in [1.807, 2.05) is 0 Å². The highest BCUT2D eigenvalue weighted by Crippen LogP contribution is 2.29. The molecule has 0 fully saturated rings. The van der Waals surface area contributed by atoms with Gasteiger partial charge in [-0.1, -0.05) is 24.3 Å². The summed E-state index contributed by atoms with van der Waals surface area (Å²) in [6, 6.07) is 15.9. The summed E-state index contributed by atoms with van der Waals surface area (Å²) in [4.78, 5) is 25.8. The first-order valence-corrected chi connectivity index (χ1v) is 6.61. The minimum Gasteiger partial charge on any atom is -0.268 e. The number of nitriles is 1. The molecule has 0 N–H and O–H groups in total. The number of hydrogen-bond acceptors (Lipinski definition) is 3. The van der Waals surface area contributed by atoms with E-state index in [-0.39, 0.29) is 17.7 Å². The summed E-state index contributed by atoms with van der Waals surface area (Å²) in [6.07, 6.45) is 0. The topological polar surface area (TPSA) is 61.2 Å². The Hall–Kier alpha value is -2.93. The number of amides is 2. The van der Waals surface area contributed by atoms with Crippen LogP contribution in [-0.4, -0.2) is 11.8 Å². The van der Waals surface area contributed by atoms with E-state index in [1.165, 1.54) is 4.90 Å². The molecular formula is C17H12N2O2. The van der Waals surface area contributed by atoms with Crippen molar-refractivity contribution in [2.75, 3.05) is 4.90 Å². The van der Waals surface area contributed by atoms with E-state index in [1.54, 1.807) is 55.5 Å². The molecule has 0 radical (unpaired) electrons. The standard InChI is InChI=1S/C17H12N2O2/c1-11(10-18)12-6-8-13(9-7-12)19-16(20)14-4-2-3-5-15(14)17(19)21/h2-9,11H,1H3. The zero-order chi connectivity index (χ0) is 15.0. The molecule has 1 aliphatic rings. The third kappa shape index (κ3) is 2.00. The average molecular weight is 276 g/mol. The SMILES string of the molecule is CC(C#N)c1ccc(N2C(=O)c3ccccc3C2=O)cc1. The lowest BCUT2D eigenvalue weighted by Gasteiger charge is -2.14. The number of hydrogen-bond donors (Lipinski definition) is 0. The second-order valence-electron chi connectivity index (χ2n) is 4.93. The molecule has 0 saturated carbocycles. The predicted octanol–water partition coefficient (Wildman–Crippen LogP) is 3.11. The normalized spacial score (nSPS) is 14.8. The van der Waals surface area contributed by atoms with Crippen LogP contribution in [0.4, 0.5) is 5.69 Å². The third-order valence-corrected chi connectivity index (χ3v) is 3.64. The summed E-state index contributed by atoms with van der Waals surface area (Å²) in [6.45, 7) is 1.80. The molecule has 21 heavy (non-hydrogen) atoms. The number of imide groups is 1. The van der Waals surface area contributed by atoms with Gasteiger partial charge in [0.15, 0.2) is 0 Å². The summed E-state index contributed by atoms with van der Waals surface area (Å²) in [5, 5.41) is 8.90. The van der Waals surface area contributed by atoms with Crippen LogP contribution >= 0.6 is 0 Å². The van der Waals surface area contributed by atoms with Crippen molar-refractivity contribution >= 4 is 17.5 Å². The van der Waals surface area contributed by atoms with E-state index >= 15 is 0 Å². The molecule has 1 atom stereocenters. The molecule has 4 nitrogen and oxygen atoms in total. The molecule has 0 saturated heterocycles. The van der Waals surface area contributed by atoms with Gasteiger partial charge >= 0.3 is 0 Å². The fourth-order valence-electron chi connectivity index (χ4n) is 2.41. The first-order valence-electron chi connectivity index (χ1n) is 6.61. The molecule has 102 valence electrons. The number of carbonyl (C=O) groups is 2. The van der Waals surface area contributed by atoms with Crippen LogP contribution in [0.15, 0.2) is 48.5 Å². The molecule has 2 amide bonds. The second-order valence-corrected chi connectivity index (χ2v) is 4.93. The zero-order valence-electron chi connectivity index (χ0n) is 11.4. The van der Waals surface area contributed by atoms with Crippen LogP contribution < -0.4 is 4.90 Å². The van der Waals surface area contributed by atoms with Crippen molar-refractivity contribution in [1.82, 2.24) is 0 Å². The number of rotatable bonds is 2. The van der Waals surface area contributed by atoms with Crippen LogP contribution in [0.5, 0.6) is 0 Å². The highest BCUT2D eigenvalue weighted by Gasteiger charge is 2.36. The Bertz CT molecular complexity index is 737. The van der Waals surface area contributed by atoms with E-state index in [9.17, 15) is 9.59 Å². The molecule has 0 spiro atoms. The minimum absolute atomic E-state index is 0.221. The largest absolute Gasteiger partial charge is 0.268 e. The molecule has 0 aliphatic carbocycles. The second kappa shape index (κ2) is 4.88. The predicted molar refractivity (Wildman–Crippen MR) is 78.1 cm³/mol. The molecule has 0 bridgehead atoms. The van der Waals surface area contributed by atoms with Crippen molar-refractivity contribution in [3.8, 4) is 6.07 Å². The Morgan fingerprint density at radius 2 is 1.48 bits per heavy atom. The summed E-state index contributed by atoms with van der Waals surface area (Å²) in [5.41, 5.74) is 2.24. The molecule has 4 heteroatoms. The first kappa shape index (κ1) is 13.1. The van der Waals surface area contributed by atoms with E-state index < -0.39 is 0 Å². The first-order chi connectivity index (χ1) is 10.1. The van der Waals surface area contributed by atoms with Crippen LogP contribution in [-0.2, 0) is 0 Å². The van der Waals surface area contributed by atoms with Gasteiger partial charge in [-0.25, -0.2) is 4.90 Å². The van der Waals surface area contributed by atoms with Crippen LogP contribution in [0.3, 0.4) is 0 Å². The lowest BCUT2D eigenvalue weighted by atomic mass is 10.0. The van der Waals surface area contributed by atoms with Gasteiger partial charge in [-0.15, -0.1) is 0 Å². The Morgan fingerprint density at radius 1 is 0.952 bits per heavy atom. The number of benzene rings is 2. The molecule has 1 aliphatic heterocycles.